The molecular weight excluding hydrogens is 376 g/mol. The summed E-state index contributed by atoms with van der Waals surface area (Å²) >= 11 is 4.83. The minimum Gasteiger partial charge on any atom is -0.365 e. The normalized spacial score (nSPS) is 16.7. The molecule has 0 spiro atoms. The molecule has 0 fully saturated rings. The van der Waals surface area contributed by atoms with Crippen molar-refractivity contribution in [2.24, 2.45) is 11.7 Å². The van der Waals surface area contributed by atoms with Gasteiger partial charge in [0, 0.05) is 14.9 Å². The van der Waals surface area contributed by atoms with Crippen LogP contribution in [0.5, 0.6) is 0 Å². The van der Waals surface area contributed by atoms with Crippen LogP contribution in [0.2, 0.25) is 0 Å². The lowest BCUT2D eigenvalue weighted by molar-refractivity contribution is 0.1000. The van der Waals surface area contributed by atoms with Crippen molar-refractivity contribution >= 4 is 44.1 Å². The highest BCUT2D eigenvalue weighted by Gasteiger charge is 2.27. The molecule has 0 saturated carbocycles. The van der Waals surface area contributed by atoms with Crippen LogP contribution in [0, 0.1) is 5.92 Å². The first-order chi connectivity index (χ1) is 11.0. The summed E-state index contributed by atoms with van der Waals surface area (Å²) in [6, 6.07) is 7.14. The van der Waals surface area contributed by atoms with E-state index in [0.29, 0.717) is 22.0 Å². The van der Waals surface area contributed by atoms with Crippen LogP contribution in [0.15, 0.2) is 28.7 Å². The number of carbonyl (C=O) groups excluding carboxylic acids is 2. The Morgan fingerprint density at radius 2 is 2.17 bits per heavy atom. The van der Waals surface area contributed by atoms with Crippen molar-refractivity contribution in [2.45, 2.75) is 26.2 Å². The Balaban J connectivity index is 1.94. The maximum Gasteiger partial charge on any atom is 0.256 e. The summed E-state index contributed by atoms with van der Waals surface area (Å²) in [6.07, 6.45) is 2.83. The number of halogens is 1. The maximum atomic E-state index is 12.4. The van der Waals surface area contributed by atoms with Gasteiger partial charge in [0.25, 0.3) is 11.8 Å². The Bertz CT molecular complexity index is 785. The van der Waals surface area contributed by atoms with Gasteiger partial charge in [-0.05, 0) is 48.9 Å². The summed E-state index contributed by atoms with van der Waals surface area (Å²) in [5, 5.41) is 3.44. The molecule has 1 aliphatic rings. The molecule has 1 aromatic carbocycles. The fourth-order valence-electron chi connectivity index (χ4n) is 2.90. The molecule has 0 bridgehead atoms. The summed E-state index contributed by atoms with van der Waals surface area (Å²) < 4.78 is 0.833. The standard InChI is InChI=1S/C17H17BrN2O2S/c1-9-5-6-12-13(7-9)23-17(14(12)15(19)21)20-16(22)10-3-2-4-11(18)8-10/h2-4,8-9H,5-7H2,1H3,(H2,19,21)(H,20,22)/t9-/m0/s1. The Kier molecular flexibility index (Phi) is 4.55. The van der Waals surface area contributed by atoms with Gasteiger partial charge in [-0.15, -0.1) is 11.3 Å². The molecule has 3 rings (SSSR count). The zero-order chi connectivity index (χ0) is 16.6. The molecule has 0 unspecified atom stereocenters. The van der Waals surface area contributed by atoms with E-state index in [0.717, 1.165) is 29.3 Å². The van der Waals surface area contributed by atoms with Crippen molar-refractivity contribution in [2.75, 3.05) is 5.32 Å². The number of primary amides is 1. The molecule has 23 heavy (non-hydrogen) atoms. The van der Waals surface area contributed by atoms with Crippen LogP contribution in [0.1, 0.15) is 44.5 Å². The molecule has 0 radical (unpaired) electrons. The number of nitrogens with two attached hydrogens (primary N) is 1. The van der Waals surface area contributed by atoms with E-state index in [4.69, 9.17) is 5.73 Å². The van der Waals surface area contributed by atoms with Gasteiger partial charge in [-0.2, -0.15) is 0 Å². The molecule has 0 saturated heterocycles. The SMILES string of the molecule is C[C@H]1CCc2c(sc(NC(=O)c3cccc(Br)c3)c2C(N)=O)C1. The number of hydrogen-bond donors (Lipinski definition) is 2. The van der Waals surface area contributed by atoms with Crippen LogP contribution in [-0.2, 0) is 12.8 Å². The van der Waals surface area contributed by atoms with Gasteiger partial charge >= 0.3 is 0 Å². The lowest BCUT2D eigenvalue weighted by Gasteiger charge is -2.18. The zero-order valence-corrected chi connectivity index (χ0v) is 15.1. The predicted octanol–water partition coefficient (Wildman–Crippen LogP) is 3.99. The Morgan fingerprint density at radius 3 is 2.87 bits per heavy atom. The number of anilines is 1. The third-order valence-electron chi connectivity index (χ3n) is 4.07. The molecule has 1 atom stereocenters. The zero-order valence-electron chi connectivity index (χ0n) is 12.7. The van der Waals surface area contributed by atoms with Crippen molar-refractivity contribution < 1.29 is 9.59 Å². The van der Waals surface area contributed by atoms with Gasteiger partial charge in [-0.3, -0.25) is 9.59 Å². The van der Waals surface area contributed by atoms with Crippen molar-refractivity contribution in [1.29, 1.82) is 0 Å². The molecule has 3 N–H and O–H groups in total. The number of amides is 2. The summed E-state index contributed by atoms with van der Waals surface area (Å²) in [7, 11) is 0. The van der Waals surface area contributed by atoms with Gasteiger partial charge in [0.15, 0.2) is 0 Å². The van der Waals surface area contributed by atoms with Gasteiger partial charge in [0.2, 0.25) is 0 Å². The molecule has 6 heteroatoms. The molecule has 2 aromatic rings. The number of thiophene rings is 1. The summed E-state index contributed by atoms with van der Waals surface area (Å²) in [4.78, 5) is 25.5. The second-order valence-electron chi connectivity index (χ2n) is 5.88. The number of hydrogen-bond acceptors (Lipinski definition) is 3. The Hall–Kier alpha value is -1.66. The largest absolute Gasteiger partial charge is 0.365 e. The van der Waals surface area contributed by atoms with E-state index in [9.17, 15) is 9.59 Å². The smallest absolute Gasteiger partial charge is 0.256 e. The van der Waals surface area contributed by atoms with E-state index in [1.54, 1.807) is 18.2 Å². The van der Waals surface area contributed by atoms with Crippen LogP contribution in [0.4, 0.5) is 5.00 Å². The minimum absolute atomic E-state index is 0.236. The van der Waals surface area contributed by atoms with E-state index in [-0.39, 0.29) is 5.91 Å². The van der Waals surface area contributed by atoms with Crippen LogP contribution < -0.4 is 11.1 Å². The minimum atomic E-state index is -0.471. The highest BCUT2D eigenvalue weighted by molar-refractivity contribution is 9.10. The molecule has 1 aromatic heterocycles. The first-order valence-electron chi connectivity index (χ1n) is 7.47. The van der Waals surface area contributed by atoms with E-state index >= 15 is 0 Å². The topological polar surface area (TPSA) is 72.2 Å². The summed E-state index contributed by atoms with van der Waals surface area (Å²) in [5.41, 5.74) is 7.61. The maximum absolute atomic E-state index is 12.4. The number of fused-ring (bicyclic) bond motifs is 1. The number of benzene rings is 1. The molecule has 0 aliphatic heterocycles. The Labute approximate surface area is 147 Å². The quantitative estimate of drug-likeness (QED) is 0.828. The Morgan fingerprint density at radius 1 is 1.39 bits per heavy atom. The van der Waals surface area contributed by atoms with Gasteiger partial charge < -0.3 is 11.1 Å². The average molecular weight is 393 g/mol. The number of carbonyl (C=O) groups is 2. The van der Waals surface area contributed by atoms with Crippen molar-refractivity contribution in [1.82, 2.24) is 0 Å². The van der Waals surface area contributed by atoms with Gasteiger partial charge in [0.1, 0.15) is 5.00 Å². The second kappa shape index (κ2) is 6.45. The van der Waals surface area contributed by atoms with Crippen LogP contribution in [-0.4, -0.2) is 11.8 Å². The van der Waals surface area contributed by atoms with Crippen LogP contribution >= 0.6 is 27.3 Å². The number of nitrogens with one attached hydrogen (secondary N) is 1. The summed E-state index contributed by atoms with van der Waals surface area (Å²) in [6.45, 7) is 2.20. The summed E-state index contributed by atoms with van der Waals surface area (Å²) in [5.74, 6) is -0.113. The van der Waals surface area contributed by atoms with Gasteiger partial charge in [0.05, 0.1) is 5.56 Å². The van der Waals surface area contributed by atoms with Crippen LogP contribution in [0.25, 0.3) is 0 Å². The van der Waals surface area contributed by atoms with E-state index < -0.39 is 5.91 Å². The van der Waals surface area contributed by atoms with E-state index in [1.165, 1.54) is 16.2 Å². The van der Waals surface area contributed by atoms with Crippen LogP contribution in [0.3, 0.4) is 0 Å². The fraction of sp³-hybridized carbons (Fsp3) is 0.294. The first-order valence-corrected chi connectivity index (χ1v) is 9.08. The lowest BCUT2D eigenvalue weighted by Crippen LogP contribution is -2.19. The van der Waals surface area contributed by atoms with Crippen molar-refractivity contribution in [3.8, 4) is 0 Å². The van der Waals surface area contributed by atoms with Crippen molar-refractivity contribution in [3.05, 3.63) is 50.3 Å². The predicted molar refractivity (Wildman–Crippen MR) is 96.1 cm³/mol. The molecule has 120 valence electrons. The molecule has 4 nitrogen and oxygen atoms in total. The highest BCUT2D eigenvalue weighted by atomic mass is 79.9. The monoisotopic (exact) mass is 392 g/mol. The molecule has 1 heterocycles. The first kappa shape index (κ1) is 16.2. The van der Waals surface area contributed by atoms with E-state index in [1.807, 2.05) is 6.07 Å². The average Bonchev–Trinajstić information content (AvgIpc) is 2.84. The fourth-order valence-corrected chi connectivity index (χ4v) is 4.71. The number of rotatable bonds is 3. The van der Waals surface area contributed by atoms with E-state index in [2.05, 4.69) is 28.2 Å². The van der Waals surface area contributed by atoms with Gasteiger partial charge in [-0.1, -0.05) is 28.9 Å². The third-order valence-corrected chi connectivity index (χ3v) is 5.73. The highest BCUT2D eigenvalue weighted by Crippen LogP contribution is 2.39. The molecule has 2 amide bonds. The molecule has 1 aliphatic carbocycles. The second-order valence-corrected chi connectivity index (χ2v) is 7.91. The van der Waals surface area contributed by atoms with Crippen molar-refractivity contribution in [3.63, 3.8) is 0 Å². The molecular formula is C17H17BrN2O2S. The van der Waals surface area contributed by atoms with Gasteiger partial charge in [-0.25, -0.2) is 0 Å². The third kappa shape index (κ3) is 3.33. The lowest BCUT2D eigenvalue weighted by atomic mass is 9.88.